The van der Waals surface area contributed by atoms with E-state index in [2.05, 4.69) is 13.8 Å². The van der Waals surface area contributed by atoms with Crippen molar-refractivity contribution in [1.29, 1.82) is 0 Å². The lowest BCUT2D eigenvalue weighted by atomic mass is 10.0. The molecule has 10 heteroatoms. The molecule has 78 heavy (non-hydrogen) atoms. The molecule has 2 atom stereocenters. The fraction of sp³-hybridized carbons (Fsp3) is 0.971. The third-order valence-electron chi connectivity index (χ3n) is 16.1. The molecule has 1 N–H and O–H groups in total. The summed E-state index contributed by atoms with van der Waals surface area (Å²) in [4.78, 5) is 35.8. The SMILES string of the molecule is CCCCCCCCCCCCCCCCCCCCCCCCCCCCCCCCCC(=O)OC(COC(=O)CCCCCCCCCCCCCCCCCCCCCCCCC)COP(=O)(O)OCC[N+](C)(C)C. The summed E-state index contributed by atoms with van der Waals surface area (Å²) in [5.74, 6) is -0.768. The van der Waals surface area contributed by atoms with Gasteiger partial charge in [-0.1, -0.05) is 348 Å². The zero-order valence-electron chi connectivity index (χ0n) is 53.2. The van der Waals surface area contributed by atoms with Crippen LogP contribution < -0.4 is 0 Å². The van der Waals surface area contributed by atoms with Gasteiger partial charge in [-0.25, -0.2) is 4.57 Å². The first-order valence-electron chi connectivity index (χ1n) is 34.8. The maximum absolute atomic E-state index is 12.9. The van der Waals surface area contributed by atoms with Gasteiger partial charge in [-0.05, 0) is 12.8 Å². The number of esters is 2. The molecule has 0 radical (unpaired) electrons. The number of quaternary nitrogens is 1. The lowest BCUT2D eigenvalue weighted by molar-refractivity contribution is -0.870. The van der Waals surface area contributed by atoms with E-state index in [0.717, 1.165) is 38.5 Å². The van der Waals surface area contributed by atoms with E-state index in [-0.39, 0.29) is 25.6 Å². The van der Waals surface area contributed by atoms with Gasteiger partial charge in [0.15, 0.2) is 6.10 Å². The Labute approximate surface area is 486 Å². The highest BCUT2D eigenvalue weighted by Crippen LogP contribution is 2.43. The van der Waals surface area contributed by atoms with Crippen molar-refractivity contribution in [3.05, 3.63) is 0 Å². The molecule has 0 amide bonds. The van der Waals surface area contributed by atoms with Crippen molar-refractivity contribution < 1.29 is 42.1 Å². The van der Waals surface area contributed by atoms with Crippen molar-refractivity contribution in [2.75, 3.05) is 47.5 Å². The highest BCUT2D eigenvalue weighted by Gasteiger charge is 2.27. The molecule has 0 aromatic carbocycles. The van der Waals surface area contributed by atoms with Gasteiger partial charge in [0, 0.05) is 12.8 Å². The first kappa shape index (κ1) is 77.0. The summed E-state index contributed by atoms with van der Waals surface area (Å²) in [7, 11) is 1.51. The Bertz CT molecular complexity index is 1280. The molecule has 0 saturated carbocycles. The van der Waals surface area contributed by atoms with Gasteiger partial charge < -0.3 is 18.9 Å². The molecule has 0 spiro atoms. The summed E-state index contributed by atoms with van der Waals surface area (Å²) < 4.78 is 34.7. The number of likely N-dealkylation sites (N-methyl/N-ethyl adjacent to an activating group) is 1. The van der Waals surface area contributed by atoms with Crippen LogP contribution in [0.3, 0.4) is 0 Å². The van der Waals surface area contributed by atoms with Crippen LogP contribution in [0, 0.1) is 0 Å². The second kappa shape index (κ2) is 60.6. The Morgan fingerprint density at radius 1 is 0.346 bits per heavy atom. The Morgan fingerprint density at radius 2 is 0.577 bits per heavy atom. The minimum atomic E-state index is -4.38. The average Bonchev–Trinajstić information content (AvgIpc) is 3.40. The summed E-state index contributed by atoms with van der Waals surface area (Å²) >= 11 is 0. The van der Waals surface area contributed by atoms with Crippen LogP contribution in [0.5, 0.6) is 0 Å². The molecule has 0 rings (SSSR count). The lowest BCUT2D eigenvalue weighted by Crippen LogP contribution is -2.37. The van der Waals surface area contributed by atoms with Crippen molar-refractivity contribution in [3.63, 3.8) is 0 Å². The molecule has 0 aromatic rings. The number of carbonyl (C=O) groups is 2. The molecule has 0 fully saturated rings. The van der Waals surface area contributed by atoms with Crippen molar-refractivity contribution >= 4 is 19.8 Å². The molecule has 9 nitrogen and oxygen atoms in total. The van der Waals surface area contributed by atoms with Gasteiger partial charge in [0.25, 0.3) is 0 Å². The molecule has 0 heterocycles. The first-order chi connectivity index (χ1) is 38.0. The minimum Gasteiger partial charge on any atom is -0.462 e. The van der Waals surface area contributed by atoms with Gasteiger partial charge in [0.2, 0.25) is 0 Å². The van der Waals surface area contributed by atoms with E-state index in [0.29, 0.717) is 17.4 Å². The third kappa shape index (κ3) is 64.2. The highest BCUT2D eigenvalue weighted by molar-refractivity contribution is 7.47. The monoisotopic (exact) mass is 1130 g/mol. The number of unbranched alkanes of at least 4 members (excludes halogenated alkanes) is 52. The van der Waals surface area contributed by atoms with E-state index in [1.54, 1.807) is 0 Å². The maximum atomic E-state index is 12.9. The second-order valence-corrected chi connectivity index (χ2v) is 26.7. The topological polar surface area (TPSA) is 108 Å². The van der Waals surface area contributed by atoms with Crippen LogP contribution in [0.25, 0.3) is 0 Å². The summed E-state index contributed by atoms with van der Waals surface area (Å²) in [6, 6.07) is 0. The number of hydrogen-bond acceptors (Lipinski definition) is 7. The number of nitrogens with zero attached hydrogens (tertiary/aromatic N) is 1. The molecule has 466 valence electrons. The van der Waals surface area contributed by atoms with Crippen LogP contribution in [0.4, 0.5) is 0 Å². The quantitative estimate of drug-likeness (QED) is 0.0278. The van der Waals surface area contributed by atoms with Crippen LogP contribution >= 0.6 is 7.82 Å². The number of ether oxygens (including phenoxy) is 2. The zero-order valence-corrected chi connectivity index (χ0v) is 54.1. The normalized spacial score (nSPS) is 13.1. The van der Waals surface area contributed by atoms with Crippen molar-refractivity contribution in [3.8, 4) is 0 Å². The van der Waals surface area contributed by atoms with Gasteiger partial charge in [0.1, 0.15) is 19.8 Å². The van der Waals surface area contributed by atoms with E-state index in [4.69, 9.17) is 18.5 Å². The second-order valence-electron chi connectivity index (χ2n) is 25.3. The van der Waals surface area contributed by atoms with Crippen LogP contribution in [0.2, 0.25) is 0 Å². The first-order valence-corrected chi connectivity index (χ1v) is 36.3. The third-order valence-corrected chi connectivity index (χ3v) is 17.1. The summed E-state index contributed by atoms with van der Waals surface area (Å²) in [6.45, 7) is 4.53. The van der Waals surface area contributed by atoms with Crippen molar-refractivity contribution in [2.24, 2.45) is 0 Å². The van der Waals surface area contributed by atoms with E-state index >= 15 is 0 Å². The van der Waals surface area contributed by atoms with Crippen LogP contribution in [0.15, 0.2) is 0 Å². The number of phosphoric ester groups is 1. The highest BCUT2D eigenvalue weighted by atomic mass is 31.2. The molecule has 0 aromatic heterocycles. The average molecular weight is 1130 g/mol. The number of carbonyl (C=O) groups excluding carboxylic acids is 2. The molecule has 0 aliphatic rings. The molecule has 0 bridgehead atoms. The van der Waals surface area contributed by atoms with Gasteiger partial charge in [-0.15, -0.1) is 0 Å². The van der Waals surface area contributed by atoms with E-state index in [1.807, 2.05) is 21.1 Å². The van der Waals surface area contributed by atoms with Gasteiger partial charge in [-0.2, -0.15) is 0 Å². The van der Waals surface area contributed by atoms with Crippen LogP contribution in [0.1, 0.15) is 373 Å². The van der Waals surface area contributed by atoms with Crippen molar-refractivity contribution in [2.45, 2.75) is 380 Å². The number of hydrogen-bond donors (Lipinski definition) is 1. The van der Waals surface area contributed by atoms with E-state index in [1.165, 1.54) is 308 Å². The molecular formula is C68H137NO8P+. The molecule has 2 unspecified atom stereocenters. The fourth-order valence-electron chi connectivity index (χ4n) is 10.8. The summed E-state index contributed by atoms with van der Waals surface area (Å²) in [6.07, 6.45) is 72.1. The molecule has 0 aliphatic heterocycles. The predicted molar refractivity (Wildman–Crippen MR) is 335 cm³/mol. The predicted octanol–water partition coefficient (Wildman–Crippen LogP) is 22.2. The van der Waals surface area contributed by atoms with Crippen molar-refractivity contribution in [1.82, 2.24) is 0 Å². The number of phosphoric acid groups is 1. The molecule has 0 saturated heterocycles. The Hall–Kier alpha value is -0.990. The van der Waals surface area contributed by atoms with Crippen LogP contribution in [-0.4, -0.2) is 74.9 Å². The van der Waals surface area contributed by atoms with E-state index in [9.17, 15) is 19.0 Å². The van der Waals surface area contributed by atoms with Gasteiger partial charge in [0.05, 0.1) is 27.7 Å². The van der Waals surface area contributed by atoms with Gasteiger partial charge in [-0.3, -0.25) is 18.6 Å². The molecule has 0 aliphatic carbocycles. The smallest absolute Gasteiger partial charge is 0.462 e. The minimum absolute atomic E-state index is 0.0377. The zero-order chi connectivity index (χ0) is 57.0. The largest absolute Gasteiger partial charge is 0.472 e. The Balaban J connectivity index is 3.97. The number of rotatable bonds is 66. The molecular weight excluding hydrogens is 990 g/mol. The Morgan fingerprint density at radius 3 is 0.821 bits per heavy atom. The Kier molecular flexibility index (Phi) is 59.8. The summed E-state index contributed by atoms with van der Waals surface area (Å²) in [5.41, 5.74) is 0. The van der Waals surface area contributed by atoms with Gasteiger partial charge >= 0.3 is 19.8 Å². The summed E-state index contributed by atoms with van der Waals surface area (Å²) in [5, 5.41) is 0. The van der Waals surface area contributed by atoms with E-state index < -0.39 is 26.5 Å². The fourth-order valence-corrected chi connectivity index (χ4v) is 11.5. The maximum Gasteiger partial charge on any atom is 0.472 e. The van der Waals surface area contributed by atoms with Crippen LogP contribution in [-0.2, 0) is 32.7 Å². The standard InChI is InChI=1S/C68H136NO8P/c1-6-8-10-12-14-16-18-20-22-24-26-28-30-31-32-33-34-35-36-37-39-41-43-45-47-49-51-53-55-57-59-61-68(71)77-66(65-76-78(72,73)75-63-62-69(3,4)5)64-74-67(70)60-58-56-54-52-50-48-46-44-42-40-38-29-27-25-23-21-19-17-15-13-11-9-7-2/h66H,6-65H2,1-5H3/p+1. The lowest BCUT2D eigenvalue weighted by Gasteiger charge is -2.24.